The maximum Gasteiger partial charge on any atom is 0.226 e. The van der Waals surface area contributed by atoms with Gasteiger partial charge in [-0.25, -0.2) is 0 Å². The van der Waals surface area contributed by atoms with Gasteiger partial charge in [0.05, 0.1) is 0 Å². The molecule has 0 radical (unpaired) electrons. The molecule has 0 spiro atoms. The molecule has 0 bridgehead atoms. The fraction of sp³-hybridized carbons (Fsp3) is 0.500. The van der Waals surface area contributed by atoms with Gasteiger partial charge in [-0.1, -0.05) is 43.6 Å². The van der Waals surface area contributed by atoms with Gasteiger partial charge in [0, 0.05) is 24.5 Å². The Bertz CT molecular complexity index is 442. The fourth-order valence-electron chi connectivity index (χ4n) is 2.11. The van der Waals surface area contributed by atoms with Gasteiger partial charge in [0.1, 0.15) is 0 Å². The highest BCUT2D eigenvalue weighted by Gasteiger charge is 2.51. The Labute approximate surface area is 108 Å². The van der Waals surface area contributed by atoms with E-state index >= 15 is 0 Å². The molecule has 1 aliphatic carbocycles. The molecule has 17 heavy (non-hydrogen) atoms. The summed E-state index contributed by atoms with van der Waals surface area (Å²) in [5.74, 6) is 0.421. The molecule has 1 unspecified atom stereocenters. The van der Waals surface area contributed by atoms with Crippen molar-refractivity contribution in [3.63, 3.8) is 0 Å². The third-order valence-corrected chi connectivity index (χ3v) is 3.92. The van der Waals surface area contributed by atoms with E-state index in [0.717, 1.165) is 17.0 Å². The van der Waals surface area contributed by atoms with Crippen molar-refractivity contribution in [3.8, 4) is 0 Å². The summed E-state index contributed by atoms with van der Waals surface area (Å²) in [5.41, 5.74) is 1.19. The SMILES string of the molecule is CN(Cc1ccccc1Cl)C(=O)C1CC1(C)C. The van der Waals surface area contributed by atoms with Gasteiger partial charge in [-0.05, 0) is 23.5 Å². The van der Waals surface area contributed by atoms with Crippen LogP contribution >= 0.6 is 11.6 Å². The molecule has 1 aromatic rings. The quantitative estimate of drug-likeness (QED) is 0.807. The van der Waals surface area contributed by atoms with Gasteiger partial charge >= 0.3 is 0 Å². The van der Waals surface area contributed by atoms with Crippen LogP contribution in [0.15, 0.2) is 24.3 Å². The number of hydrogen-bond acceptors (Lipinski definition) is 1. The summed E-state index contributed by atoms with van der Waals surface area (Å²) in [6.07, 6.45) is 0.999. The highest BCUT2D eigenvalue weighted by atomic mass is 35.5. The summed E-state index contributed by atoms with van der Waals surface area (Å²) in [6, 6.07) is 7.67. The molecule has 0 aliphatic heterocycles. The minimum atomic E-state index is 0.186. The van der Waals surface area contributed by atoms with Crippen molar-refractivity contribution in [3.05, 3.63) is 34.9 Å². The van der Waals surface area contributed by atoms with E-state index in [1.807, 2.05) is 31.3 Å². The van der Waals surface area contributed by atoms with Gasteiger partial charge < -0.3 is 4.90 Å². The molecule has 92 valence electrons. The number of amides is 1. The number of carbonyl (C=O) groups is 1. The third-order valence-electron chi connectivity index (χ3n) is 3.55. The number of carbonyl (C=O) groups excluding carboxylic acids is 1. The zero-order valence-corrected chi connectivity index (χ0v) is 11.3. The molecule has 0 N–H and O–H groups in total. The molecule has 0 aromatic heterocycles. The van der Waals surface area contributed by atoms with E-state index in [4.69, 9.17) is 11.6 Å². The Kier molecular flexibility index (Phi) is 3.17. The zero-order chi connectivity index (χ0) is 12.6. The topological polar surface area (TPSA) is 20.3 Å². The lowest BCUT2D eigenvalue weighted by atomic mass is 10.1. The lowest BCUT2D eigenvalue weighted by molar-refractivity contribution is -0.132. The van der Waals surface area contributed by atoms with E-state index < -0.39 is 0 Å². The number of nitrogens with zero attached hydrogens (tertiary/aromatic N) is 1. The van der Waals surface area contributed by atoms with E-state index in [2.05, 4.69) is 13.8 Å². The van der Waals surface area contributed by atoms with Crippen LogP contribution in [0.4, 0.5) is 0 Å². The lowest BCUT2D eigenvalue weighted by Gasteiger charge is -2.19. The molecule has 2 nitrogen and oxygen atoms in total. The second-order valence-corrected chi connectivity index (χ2v) is 5.94. The van der Waals surface area contributed by atoms with Gasteiger partial charge in [0.25, 0.3) is 0 Å². The van der Waals surface area contributed by atoms with E-state index in [1.54, 1.807) is 4.90 Å². The molecule has 1 aliphatic rings. The van der Waals surface area contributed by atoms with Crippen LogP contribution in [-0.4, -0.2) is 17.9 Å². The molecule has 1 atom stereocenters. The maximum absolute atomic E-state index is 12.1. The largest absolute Gasteiger partial charge is 0.341 e. The summed E-state index contributed by atoms with van der Waals surface area (Å²) in [5, 5.41) is 0.724. The van der Waals surface area contributed by atoms with Gasteiger partial charge in [-0.2, -0.15) is 0 Å². The summed E-state index contributed by atoms with van der Waals surface area (Å²) in [6.45, 7) is 4.86. The van der Waals surface area contributed by atoms with Crippen LogP contribution < -0.4 is 0 Å². The van der Waals surface area contributed by atoms with Crippen molar-refractivity contribution in [2.24, 2.45) is 11.3 Å². The number of hydrogen-bond donors (Lipinski definition) is 0. The summed E-state index contributed by atoms with van der Waals surface area (Å²) >= 11 is 6.09. The fourth-order valence-corrected chi connectivity index (χ4v) is 2.31. The first-order valence-corrected chi connectivity index (χ1v) is 6.28. The van der Waals surface area contributed by atoms with E-state index in [1.165, 1.54) is 0 Å². The van der Waals surface area contributed by atoms with Crippen molar-refractivity contribution in [2.45, 2.75) is 26.8 Å². The molecule has 0 heterocycles. The van der Waals surface area contributed by atoms with Gasteiger partial charge in [0.15, 0.2) is 0 Å². The van der Waals surface area contributed by atoms with Crippen molar-refractivity contribution in [2.75, 3.05) is 7.05 Å². The van der Waals surface area contributed by atoms with Crippen LogP contribution in [-0.2, 0) is 11.3 Å². The van der Waals surface area contributed by atoms with E-state index in [9.17, 15) is 4.79 Å². The zero-order valence-electron chi connectivity index (χ0n) is 10.5. The average molecular weight is 252 g/mol. The van der Waals surface area contributed by atoms with Crippen LogP contribution in [0.25, 0.3) is 0 Å². The molecular formula is C14H18ClNO. The van der Waals surface area contributed by atoms with Gasteiger partial charge in [0.2, 0.25) is 5.91 Å². The van der Waals surface area contributed by atoms with Crippen molar-refractivity contribution in [1.82, 2.24) is 4.90 Å². The summed E-state index contributed by atoms with van der Waals surface area (Å²) in [7, 11) is 1.85. The Morgan fingerprint density at radius 3 is 2.59 bits per heavy atom. The second kappa shape index (κ2) is 4.34. The first-order chi connectivity index (χ1) is 7.92. The number of halogens is 1. The first kappa shape index (κ1) is 12.4. The second-order valence-electron chi connectivity index (χ2n) is 5.53. The molecule has 1 aromatic carbocycles. The summed E-state index contributed by atoms with van der Waals surface area (Å²) in [4.78, 5) is 13.9. The Morgan fingerprint density at radius 1 is 1.47 bits per heavy atom. The van der Waals surface area contributed by atoms with Crippen LogP contribution in [0.5, 0.6) is 0 Å². The predicted octanol–water partition coefficient (Wildman–Crippen LogP) is 3.34. The van der Waals surface area contributed by atoms with Crippen molar-refractivity contribution in [1.29, 1.82) is 0 Å². The maximum atomic E-state index is 12.1. The normalized spacial score (nSPS) is 21.1. The van der Waals surface area contributed by atoms with Crippen molar-refractivity contribution >= 4 is 17.5 Å². The van der Waals surface area contributed by atoms with Crippen LogP contribution in [0.2, 0.25) is 5.02 Å². The first-order valence-electron chi connectivity index (χ1n) is 5.90. The summed E-state index contributed by atoms with van der Waals surface area (Å²) < 4.78 is 0. The highest BCUT2D eigenvalue weighted by Crippen LogP contribution is 2.52. The van der Waals surface area contributed by atoms with E-state index in [0.29, 0.717) is 6.54 Å². The van der Waals surface area contributed by atoms with Crippen molar-refractivity contribution < 1.29 is 4.79 Å². The predicted molar refractivity (Wildman–Crippen MR) is 69.8 cm³/mol. The molecular weight excluding hydrogens is 234 g/mol. The molecule has 1 fully saturated rings. The molecule has 2 rings (SSSR count). The Morgan fingerprint density at radius 2 is 2.06 bits per heavy atom. The van der Waals surface area contributed by atoms with Crippen LogP contribution in [0.1, 0.15) is 25.8 Å². The van der Waals surface area contributed by atoms with Gasteiger partial charge in [-0.15, -0.1) is 0 Å². The Hall–Kier alpha value is -1.02. The standard InChI is InChI=1S/C14H18ClNO/c1-14(2)8-11(14)13(17)16(3)9-10-6-4-5-7-12(10)15/h4-7,11H,8-9H2,1-3H3. The minimum Gasteiger partial charge on any atom is -0.341 e. The van der Waals surface area contributed by atoms with Crippen LogP contribution in [0, 0.1) is 11.3 Å². The minimum absolute atomic E-state index is 0.186. The smallest absolute Gasteiger partial charge is 0.226 e. The molecule has 3 heteroatoms. The third kappa shape index (κ3) is 2.63. The molecule has 1 saturated carbocycles. The van der Waals surface area contributed by atoms with Gasteiger partial charge in [-0.3, -0.25) is 4.79 Å². The van der Waals surface area contributed by atoms with Crippen LogP contribution in [0.3, 0.4) is 0 Å². The number of benzene rings is 1. The highest BCUT2D eigenvalue weighted by molar-refractivity contribution is 6.31. The average Bonchev–Trinajstić information content (AvgIpc) is 2.90. The monoisotopic (exact) mass is 251 g/mol. The Balaban J connectivity index is 2.01. The number of rotatable bonds is 3. The molecule has 0 saturated heterocycles. The lowest BCUT2D eigenvalue weighted by Crippen LogP contribution is -2.29. The molecule has 1 amide bonds. The van der Waals surface area contributed by atoms with E-state index in [-0.39, 0.29) is 17.2 Å².